The fourth-order valence-corrected chi connectivity index (χ4v) is 5.34. The number of carbonyl (C=O) groups excluding carboxylic acids is 2. The normalized spacial score (nSPS) is 20.8. The first-order chi connectivity index (χ1) is 13.1. The van der Waals surface area contributed by atoms with Crippen LogP contribution in [0.4, 0.5) is 0 Å². The predicted molar refractivity (Wildman–Crippen MR) is 107 cm³/mol. The van der Waals surface area contributed by atoms with Crippen LogP contribution in [0.2, 0.25) is 0 Å². The van der Waals surface area contributed by atoms with Gasteiger partial charge in [0.15, 0.2) is 0 Å². The molecule has 2 aromatic rings. The van der Waals surface area contributed by atoms with E-state index in [1.807, 2.05) is 60.7 Å². The average molecular weight is 384 g/mol. The number of hydrogen-bond donors (Lipinski definition) is 0. The SMILES string of the molecule is CCOC(=O)C1(C(=O)OCC)S[C@@H](c2ccccc2)C[C@@H]1c1ccccc1. The smallest absolute Gasteiger partial charge is 0.334 e. The number of benzene rings is 2. The van der Waals surface area contributed by atoms with Crippen LogP contribution in [0.25, 0.3) is 0 Å². The molecule has 1 aliphatic rings. The minimum atomic E-state index is -1.39. The van der Waals surface area contributed by atoms with Crippen molar-refractivity contribution in [3.8, 4) is 0 Å². The molecule has 0 aliphatic carbocycles. The van der Waals surface area contributed by atoms with Crippen LogP contribution in [0.5, 0.6) is 0 Å². The van der Waals surface area contributed by atoms with Crippen molar-refractivity contribution in [1.29, 1.82) is 0 Å². The second kappa shape index (κ2) is 8.61. The van der Waals surface area contributed by atoms with Crippen LogP contribution in [-0.2, 0) is 19.1 Å². The molecule has 0 bridgehead atoms. The quantitative estimate of drug-likeness (QED) is 0.542. The van der Waals surface area contributed by atoms with Gasteiger partial charge in [0.05, 0.1) is 13.2 Å². The fourth-order valence-electron chi connectivity index (χ4n) is 3.60. The van der Waals surface area contributed by atoms with Crippen molar-refractivity contribution >= 4 is 23.7 Å². The molecule has 1 saturated heterocycles. The Labute approximate surface area is 164 Å². The molecule has 1 fully saturated rings. The molecule has 2 aromatic carbocycles. The summed E-state index contributed by atoms with van der Waals surface area (Å²) in [4.78, 5) is 26.2. The van der Waals surface area contributed by atoms with Crippen molar-refractivity contribution in [1.82, 2.24) is 0 Å². The third kappa shape index (κ3) is 3.74. The highest BCUT2D eigenvalue weighted by Crippen LogP contribution is 2.60. The third-order valence-corrected chi connectivity index (χ3v) is 6.54. The summed E-state index contributed by atoms with van der Waals surface area (Å²) in [5.74, 6) is -1.34. The molecule has 2 atom stereocenters. The van der Waals surface area contributed by atoms with E-state index in [4.69, 9.17) is 9.47 Å². The summed E-state index contributed by atoms with van der Waals surface area (Å²) >= 11 is 1.36. The third-order valence-electron chi connectivity index (χ3n) is 4.80. The van der Waals surface area contributed by atoms with E-state index in [0.29, 0.717) is 6.42 Å². The lowest BCUT2D eigenvalue weighted by Crippen LogP contribution is -2.48. The topological polar surface area (TPSA) is 52.6 Å². The van der Waals surface area contributed by atoms with Gasteiger partial charge in [-0.1, -0.05) is 60.7 Å². The fraction of sp³-hybridized carbons (Fsp3) is 0.364. The zero-order valence-corrected chi connectivity index (χ0v) is 16.4. The predicted octanol–water partition coefficient (Wildman–Crippen LogP) is 4.51. The van der Waals surface area contributed by atoms with Gasteiger partial charge in [-0.2, -0.15) is 0 Å². The Morgan fingerprint density at radius 2 is 1.37 bits per heavy atom. The average Bonchev–Trinajstić information content (AvgIpc) is 3.12. The van der Waals surface area contributed by atoms with E-state index < -0.39 is 16.7 Å². The van der Waals surface area contributed by atoms with Crippen molar-refractivity contribution in [2.24, 2.45) is 0 Å². The summed E-state index contributed by atoms with van der Waals surface area (Å²) in [6.45, 7) is 3.95. The van der Waals surface area contributed by atoms with Crippen molar-refractivity contribution in [2.45, 2.75) is 36.2 Å². The van der Waals surface area contributed by atoms with E-state index in [9.17, 15) is 9.59 Å². The van der Waals surface area contributed by atoms with Gasteiger partial charge in [0.1, 0.15) is 0 Å². The summed E-state index contributed by atoms with van der Waals surface area (Å²) in [7, 11) is 0. The largest absolute Gasteiger partial charge is 0.464 e. The number of carbonyl (C=O) groups is 2. The van der Waals surface area contributed by atoms with Gasteiger partial charge in [-0.05, 0) is 31.4 Å². The van der Waals surface area contributed by atoms with Crippen LogP contribution < -0.4 is 0 Å². The maximum Gasteiger partial charge on any atom is 0.334 e. The molecular weight excluding hydrogens is 360 g/mol. The Hall–Kier alpha value is -2.27. The van der Waals surface area contributed by atoms with E-state index in [1.165, 1.54) is 11.8 Å². The maximum atomic E-state index is 13.1. The molecule has 4 nitrogen and oxygen atoms in total. The summed E-state index contributed by atoms with van der Waals surface area (Å²) in [6.07, 6.45) is 0.663. The number of hydrogen-bond acceptors (Lipinski definition) is 5. The first-order valence-electron chi connectivity index (χ1n) is 9.25. The molecule has 142 valence electrons. The van der Waals surface area contributed by atoms with Gasteiger partial charge in [-0.15, -0.1) is 11.8 Å². The number of ether oxygens (including phenoxy) is 2. The lowest BCUT2D eigenvalue weighted by Gasteiger charge is -2.30. The first kappa shape index (κ1) is 19.5. The van der Waals surface area contributed by atoms with Crippen LogP contribution in [-0.4, -0.2) is 29.9 Å². The second-order valence-corrected chi connectivity index (χ2v) is 7.84. The van der Waals surface area contributed by atoms with Crippen molar-refractivity contribution in [2.75, 3.05) is 13.2 Å². The molecule has 0 radical (unpaired) electrons. The Balaban J connectivity index is 2.09. The first-order valence-corrected chi connectivity index (χ1v) is 10.1. The lowest BCUT2D eigenvalue weighted by atomic mass is 9.81. The highest BCUT2D eigenvalue weighted by Gasteiger charge is 2.61. The highest BCUT2D eigenvalue weighted by atomic mass is 32.2. The minimum absolute atomic E-state index is 0.00483. The van der Waals surface area contributed by atoms with Crippen LogP contribution in [0.15, 0.2) is 60.7 Å². The molecule has 0 N–H and O–H groups in total. The molecular formula is C22H24O4S. The second-order valence-electron chi connectivity index (χ2n) is 6.39. The lowest BCUT2D eigenvalue weighted by molar-refractivity contribution is -0.159. The van der Waals surface area contributed by atoms with Gasteiger partial charge >= 0.3 is 11.9 Å². The Morgan fingerprint density at radius 3 is 1.85 bits per heavy atom. The van der Waals surface area contributed by atoms with Gasteiger partial charge in [-0.25, -0.2) is 9.59 Å². The van der Waals surface area contributed by atoms with Crippen LogP contribution in [0, 0.1) is 0 Å². The van der Waals surface area contributed by atoms with Crippen LogP contribution >= 0.6 is 11.8 Å². The summed E-state index contributed by atoms with van der Waals surface area (Å²) in [5, 5.41) is 0.00483. The van der Waals surface area contributed by atoms with E-state index >= 15 is 0 Å². The molecule has 5 heteroatoms. The van der Waals surface area contributed by atoms with E-state index in [2.05, 4.69) is 0 Å². The summed E-state index contributed by atoms with van der Waals surface area (Å²) < 4.78 is 9.35. The van der Waals surface area contributed by atoms with Gasteiger partial charge < -0.3 is 9.47 Å². The standard InChI is InChI=1S/C22H24O4S/c1-3-25-20(23)22(21(24)26-4-2)18(16-11-7-5-8-12-16)15-19(27-22)17-13-9-6-10-14-17/h5-14,18-19H,3-4,15H2,1-2H3/t18-,19-/m1/s1. The van der Waals surface area contributed by atoms with Gasteiger partial charge in [-0.3, -0.25) is 0 Å². The monoisotopic (exact) mass is 384 g/mol. The van der Waals surface area contributed by atoms with E-state index in [0.717, 1.165) is 11.1 Å². The summed E-state index contributed by atoms with van der Waals surface area (Å²) in [6, 6.07) is 19.7. The zero-order valence-electron chi connectivity index (χ0n) is 15.6. The van der Waals surface area contributed by atoms with Gasteiger partial charge in [0.2, 0.25) is 4.75 Å². The highest BCUT2D eigenvalue weighted by molar-refractivity contribution is 8.02. The molecule has 3 rings (SSSR count). The summed E-state index contributed by atoms with van der Waals surface area (Å²) in [5.41, 5.74) is 2.04. The maximum absolute atomic E-state index is 13.1. The molecule has 1 heterocycles. The van der Waals surface area contributed by atoms with Crippen LogP contribution in [0.1, 0.15) is 42.6 Å². The number of esters is 2. The Kier molecular flexibility index (Phi) is 6.22. The van der Waals surface area contributed by atoms with Gasteiger partial charge in [0.25, 0.3) is 0 Å². The Morgan fingerprint density at radius 1 is 0.889 bits per heavy atom. The van der Waals surface area contributed by atoms with Crippen molar-refractivity contribution in [3.63, 3.8) is 0 Å². The van der Waals surface area contributed by atoms with Crippen molar-refractivity contribution < 1.29 is 19.1 Å². The van der Waals surface area contributed by atoms with E-state index in [-0.39, 0.29) is 24.4 Å². The van der Waals surface area contributed by atoms with Gasteiger partial charge in [0, 0.05) is 11.2 Å². The zero-order chi connectivity index (χ0) is 19.3. The molecule has 0 aromatic heterocycles. The molecule has 0 unspecified atom stereocenters. The number of rotatable bonds is 6. The van der Waals surface area contributed by atoms with E-state index in [1.54, 1.807) is 13.8 Å². The van der Waals surface area contributed by atoms with Crippen LogP contribution in [0.3, 0.4) is 0 Å². The molecule has 27 heavy (non-hydrogen) atoms. The molecule has 1 aliphatic heterocycles. The Bertz CT molecular complexity index is 757. The molecule has 0 saturated carbocycles. The number of thioether (sulfide) groups is 1. The minimum Gasteiger partial charge on any atom is -0.464 e. The van der Waals surface area contributed by atoms with Crippen molar-refractivity contribution in [3.05, 3.63) is 71.8 Å². The molecule has 0 spiro atoms. The molecule has 0 amide bonds.